The molecule has 1 atom stereocenters. The fraction of sp³-hybridized carbons (Fsp3) is 0.545. The Labute approximate surface area is 105 Å². The second kappa shape index (κ2) is 5.32. The Morgan fingerprint density at radius 2 is 2.31 bits per heavy atom. The van der Waals surface area contributed by atoms with E-state index in [0.29, 0.717) is 16.7 Å². The van der Waals surface area contributed by atoms with Crippen molar-refractivity contribution in [1.82, 2.24) is 9.88 Å². The van der Waals surface area contributed by atoms with Crippen LogP contribution in [0.15, 0.2) is 12.3 Å². The molecule has 2 heterocycles. The molecule has 1 fully saturated rings. The van der Waals surface area contributed by atoms with Crippen LogP contribution in [-0.4, -0.2) is 34.2 Å². The van der Waals surface area contributed by atoms with Gasteiger partial charge in [0.2, 0.25) is 0 Å². The number of aliphatic hydroxyl groups excluding tert-OH is 1. The molecule has 0 radical (unpaired) electrons. The highest BCUT2D eigenvalue weighted by Crippen LogP contribution is 2.21. The number of pyridine rings is 1. The summed E-state index contributed by atoms with van der Waals surface area (Å²) in [6.07, 6.45) is 3.40. The largest absolute Gasteiger partial charge is 0.392 e. The molecule has 1 aromatic rings. The molecule has 1 aliphatic heterocycles. The predicted octanol–water partition coefficient (Wildman–Crippen LogP) is 2.35. The minimum Gasteiger partial charge on any atom is -0.392 e. The first-order valence-electron chi connectivity index (χ1n) is 5.35. The third kappa shape index (κ3) is 3.08. The maximum Gasteiger partial charge on any atom is 0.130 e. The van der Waals surface area contributed by atoms with E-state index >= 15 is 0 Å². The Morgan fingerprint density at radius 3 is 3.00 bits per heavy atom. The molecule has 0 aliphatic carbocycles. The first-order valence-corrected chi connectivity index (χ1v) is 6.11. The second-order valence-corrected chi connectivity index (χ2v) is 4.92. The summed E-state index contributed by atoms with van der Waals surface area (Å²) in [5.41, 5.74) is 0.958. The van der Waals surface area contributed by atoms with Gasteiger partial charge in [-0.3, -0.25) is 4.90 Å². The molecule has 0 amide bonds. The topological polar surface area (TPSA) is 36.4 Å². The Balaban J connectivity index is 2.02. The molecule has 3 nitrogen and oxygen atoms in total. The van der Waals surface area contributed by atoms with Gasteiger partial charge in [0.1, 0.15) is 5.15 Å². The lowest BCUT2D eigenvalue weighted by Crippen LogP contribution is -2.37. The first-order chi connectivity index (χ1) is 7.65. The van der Waals surface area contributed by atoms with Gasteiger partial charge in [-0.1, -0.05) is 23.2 Å². The molecule has 1 saturated heterocycles. The molecule has 0 spiro atoms. The fourth-order valence-corrected chi connectivity index (χ4v) is 2.39. The van der Waals surface area contributed by atoms with Crippen molar-refractivity contribution in [3.8, 4) is 0 Å². The fourth-order valence-electron chi connectivity index (χ4n) is 1.97. The van der Waals surface area contributed by atoms with Crippen molar-refractivity contribution in [3.63, 3.8) is 0 Å². The average Bonchev–Trinajstić information content (AvgIpc) is 2.22. The van der Waals surface area contributed by atoms with E-state index in [-0.39, 0.29) is 6.10 Å². The number of piperidine rings is 1. The van der Waals surface area contributed by atoms with Gasteiger partial charge in [-0.2, -0.15) is 0 Å². The standard InChI is InChI=1S/C11H14Cl2N2O/c12-10-4-11(13)14-5-8(10)6-15-3-1-2-9(16)7-15/h4-5,9,16H,1-3,6-7H2. The monoisotopic (exact) mass is 260 g/mol. The number of likely N-dealkylation sites (tertiary alicyclic amines) is 1. The van der Waals surface area contributed by atoms with Gasteiger partial charge in [0.15, 0.2) is 0 Å². The quantitative estimate of drug-likeness (QED) is 0.830. The van der Waals surface area contributed by atoms with Crippen molar-refractivity contribution in [1.29, 1.82) is 0 Å². The highest BCUT2D eigenvalue weighted by atomic mass is 35.5. The van der Waals surface area contributed by atoms with E-state index in [2.05, 4.69) is 9.88 Å². The zero-order chi connectivity index (χ0) is 11.5. The molecule has 16 heavy (non-hydrogen) atoms. The number of halogens is 2. The van der Waals surface area contributed by atoms with Gasteiger partial charge < -0.3 is 5.11 Å². The van der Waals surface area contributed by atoms with Crippen molar-refractivity contribution < 1.29 is 5.11 Å². The third-order valence-corrected chi connectivity index (χ3v) is 3.33. The summed E-state index contributed by atoms with van der Waals surface area (Å²) in [4.78, 5) is 6.20. The lowest BCUT2D eigenvalue weighted by Gasteiger charge is -2.30. The van der Waals surface area contributed by atoms with Crippen molar-refractivity contribution in [3.05, 3.63) is 28.0 Å². The number of hydrogen-bond acceptors (Lipinski definition) is 3. The molecule has 1 N–H and O–H groups in total. The molecule has 1 unspecified atom stereocenters. The van der Waals surface area contributed by atoms with E-state index in [4.69, 9.17) is 23.2 Å². The highest BCUT2D eigenvalue weighted by Gasteiger charge is 2.18. The van der Waals surface area contributed by atoms with Gasteiger partial charge in [0, 0.05) is 29.9 Å². The Bertz CT molecular complexity index is 373. The molecule has 2 rings (SSSR count). The zero-order valence-corrected chi connectivity index (χ0v) is 10.4. The van der Waals surface area contributed by atoms with Crippen molar-refractivity contribution >= 4 is 23.2 Å². The van der Waals surface area contributed by atoms with Gasteiger partial charge in [-0.05, 0) is 25.5 Å². The molecule has 1 aliphatic rings. The number of aromatic nitrogens is 1. The minimum absolute atomic E-state index is 0.215. The van der Waals surface area contributed by atoms with Gasteiger partial charge in [-0.25, -0.2) is 4.98 Å². The first kappa shape index (κ1) is 12.1. The van der Waals surface area contributed by atoms with Crippen LogP contribution in [0, 0.1) is 0 Å². The summed E-state index contributed by atoms with van der Waals surface area (Å²) >= 11 is 11.8. The summed E-state index contributed by atoms with van der Waals surface area (Å²) in [5.74, 6) is 0. The van der Waals surface area contributed by atoms with E-state index in [0.717, 1.165) is 31.5 Å². The van der Waals surface area contributed by atoms with E-state index < -0.39 is 0 Å². The van der Waals surface area contributed by atoms with E-state index in [1.807, 2.05) is 0 Å². The van der Waals surface area contributed by atoms with Crippen molar-refractivity contribution in [2.45, 2.75) is 25.5 Å². The van der Waals surface area contributed by atoms with Crippen LogP contribution in [-0.2, 0) is 6.54 Å². The van der Waals surface area contributed by atoms with Crippen LogP contribution in [0.1, 0.15) is 18.4 Å². The van der Waals surface area contributed by atoms with Crippen LogP contribution >= 0.6 is 23.2 Å². The van der Waals surface area contributed by atoms with Crippen LogP contribution in [0.25, 0.3) is 0 Å². The van der Waals surface area contributed by atoms with E-state index in [1.165, 1.54) is 0 Å². The van der Waals surface area contributed by atoms with E-state index in [9.17, 15) is 5.11 Å². The Hall–Kier alpha value is -0.350. The number of nitrogens with zero attached hydrogens (tertiary/aromatic N) is 2. The SMILES string of the molecule is OC1CCCN(Cc2cnc(Cl)cc2Cl)C1. The summed E-state index contributed by atoms with van der Waals surface area (Å²) in [7, 11) is 0. The Morgan fingerprint density at radius 1 is 1.50 bits per heavy atom. The van der Waals surface area contributed by atoms with Gasteiger partial charge in [0.25, 0.3) is 0 Å². The zero-order valence-electron chi connectivity index (χ0n) is 8.87. The maximum absolute atomic E-state index is 9.56. The minimum atomic E-state index is -0.215. The van der Waals surface area contributed by atoms with Crippen LogP contribution in [0.5, 0.6) is 0 Å². The van der Waals surface area contributed by atoms with E-state index in [1.54, 1.807) is 12.3 Å². The van der Waals surface area contributed by atoms with Crippen LogP contribution in [0.2, 0.25) is 10.2 Å². The lowest BCUT2D eigenvalue weighted by atomic mass is 10.1. The summed E-state index contributed by atoms with van der Waals surface area (Å²) in [6.45, 7) is 2.43. The number of hydrogen-bond donors (Lipinski definition) is 1. The Kier molecular flexibility index (Phi) is 4.03. The average molecular weight is 261 g/mol. The normalized spacial score (nSPS) is 22.3. The van der Waals surface area contributed by atoms with Gasteiger partial charge in [0.05, 0.1) is 6.10 Å². The highest BCUT2D eigenvalue weighted by molar-refractivity contribution is 6.34. The number of aliphatic hydroxyl groups is 1. The number of β-amino-alcohol motifs (C(OH)–C–C–N with tert-alkyl or cyclic N) is 1. The number of rotatable bonds is 2. The van der Waals surface area contributed by atoms with Crippen molar-refractivity contribution in [2.75, 3.05) is 13.1 Å². The molecule has 5 heteroatoms. The van der Waals surface area contributed by atoms with Crippen molar-refractivity contribution in [2.24, 2.45) is 0 Å². The van der Waals surface area contributed by atoms with Gasteiger partial charge >= 0.3 is 0 Å². The molecule has 0 bridgehead atoms. The smallest absolute Gasteiger partial charge is 0.130 e. The summed E-state index contributed by atoms with van der Waals surface area (Å²) in [6, 6.07) is 1.65. The summed E-state index contributed by atoms with van der Waals surface area (Å²) in [5, 5.41) is 10.6. The molecule has 0 aromatic carbocycles. The molecular weight excluding hydrogens is 247 g/mol. The molecule has 0 saturated carbocycles. The molecule has 1 aromatic heterocycles. The third-order valence-electron chi connectivity index (χ3n) is 2.77. The maximum atomic E-state index is 9.56. The van der Waals surface area contributed by atoms with Crippen LogP contribution < -0.4 is 0 Å². The lowest BCUT2D eigenvalue weighted by molar-refractivity contribution is 0.0668. The van der Waals surface area contributed by atoms with Crippen LogP contribution in [0.4, 0.5) is 0 Å². The second-order valence-electron chi connectivity index (χ2n) is 4.13. The summed E-state index contributed by atoms with van der Waals surface area (Å²) < 4.78 is 0. The predicted molar refractivity (Wildman–Crippen MR) is 64.8 cm³/mol. The molecular formula is C11H14Cl2N2O. The van der Waals surface area contributed by atoms with Crippen LogP contribution in [0.3, 0.4) is 0 Å². The van der Waals surface area contributed by atoms with Gasteiger partial charge in [-0.15, -0.1) is 0 Å². The molecule has 88 valence electrons.